The van der Waals surface area contributed by atoms with Crippen LogP contribution in [0.2, 0.25) is 0 Å². The van der Waals surface area contributed by atoms with Gasteiger partial charge in [0.15, 0.2) is 0 Å². The van der Waals surface area contributed by atoms with E-state index in [2.05, 4.69) is 114 Å². The van der Waals surface area contributed by atoms with E-state index in [0.717, 1.165) is 28.7 Å². The van der Waals surface area contributed by atoms with E-state index >= 15 is 0 Å². The topological polar surface area (TPSA) is 52.7 Å². The normalized spacial score (nSPS) is 14.9. The van der Waals surface area contributed by atoms with Crippen LogP contribution in [0.1, 0.15) is 141 Å². The van der Waals surface area contributed by atoms with Gasteiger partial charge in [-0.15, -0.1) is 0 Å². The van der Waals surface area contributed by atoms with Crippen LogP contribution in [0.5, 0.6) is 0 Å². The maximum Gasteiger partial charge on any atom is 0.0780 e. The molecule has 1 heterocycles. The predicted molar refractivity (Wildman–Crippen MR) is 192 cm³/mol. The van der Waals surface area contributed by atoms with Gasteiger partial charge in [-0.05, 0) is 135 Å². The minimum atomic E-state index is -0.296. The Morgan fingerprint density at radius 1 is 0.667 bits per heavy atom. The molecule has 0 radical (unpaired) electrons. The summed E-state index contributed by atoms with van der Waals surface area (Å²) in [6, 6.07) is 1.37. The molecule has 0 saturated carbocycles. The van der Waals surface area contributed by atoms with Gasteiger partial charge in [0.05, 0.1) is 33.8 Å². The molecule has 5 heteroatoms. The average molecular weight is 602 g/mol. The summed E-state index contributed by atoms with van der Waals surface area (Å²) in [6.07, 6.45) is 11.6. The van der Waals surface area contributed by atoms with E-state index in [1.54, 1.807) is 0 Å². The standard InChI is InChI=1S/C12H27N.C10H21N.C9H22N.C6H15NO/c1-10(2)8-7-9-13(11(3)4)12(5)6;1-10(2)6-5-9-11-7-3-4-8-11;1-9(2)7-6-8-10(3,4)5;1-5(2)3-6(8)4-7/h10-12H,7-9H2,1-6H3;10H,3-9H2,1-2H3;9H,6-8H2,1-5H3;5-6,8H,3-4,7H2,1-2H3/q;;+1;. The molecule has 1 saturated heterocycles. The summed E-state index contributed by atoms with van der Waals surface area (Å²) in [4.78, 5) is 5.17. The molecule has 1 atom stereocenters. The second kappa shape index (κ2) is 28.3. The van der Waals surface area contributed by atoms with Gasteiger partial charge >= 0.3 is 0 Å². The zero-order chi connectivity index (χ0) is 33.3. The van der Waals surface area contributed by atoms with Gasteiger partial charge in [-0.2, -0.15) is 0 Å². The first kappa shape index (κ1) is 46.2. The van der Waals surface area contributed by atoms with Crippen LogP contribution in [0.25, 0.3) is 0 Å². The van der Waals surface area contributed by atoms with Crippen molar-refractivity contribution in [2.24, 2.45) is 29.4 Å². The molecule has 0 aromatic carbocycles. The molecule has 0 spiro atoms. The van der Waals surface area contributed by atoms with Crippen molar-refractivity contribution in [2.75, 3.05) is 60.4 Å². The van der Waals surface area contributed by atoms with Gasteiger partial charge in [-0.3, -0.25) is 4.90 Å². The SMILES string of the molecule is CC(C)CC(O)CN.CC(C)CCCN(C(C)C)C(C)C.CC(C)CCCN1CCCC1.CC(C)CCC[N+](C)(C)C. The van der Waals surface area contributed by atoms with Gasteiger partial charge in [-0.1, -0.05) is 55.4 Å². The molecule has 0 aliphatic carbocycles. The fraction of sp³-hybridized carbons (Fsp3) is 1.00. The van der Waals surface area contributed by atoms with Crippen LogP contribution in [-0.4, -0.2) is 98.0 Å². The number of hydrogen-bond donors (Lipinski definition) is 2. The molecule has 5 nitrogen and oxygen atoms in total. The van der Waals surface area contributed by atoms with Crippen molar-refractivity contribution in [3.05, 3.63) is 0 Å². The maximum atomic E-state index is 8.90. The monoisotopic (exact) mass is 602 g/mol. The van der Waals surface area contributed by atoms with Gasteiger partial charge in [0, 0.05) is 18.6 Å². The van der Waals surface area contributed by atoms with Crippen molar-refractivity contribution < 1.29 is 9.59 Å². The lowest BCUT2D eigenvalue weighted by molar-refractivity contribution is -0.870. The lowest BCUT2D eigenvalue weighted by Gasteiger charge is -2.30. The third-order valence-electron chi connectivity index (χ3n) is 7.60. The summed E-state index contributed by atoms with van der Waals surface area (Å²) < 4.78 is 1.10. The van der Waals surface area contributed by atoms with E-state index in [4.69, 9.17) is 10.8 Å². The van der Waals surface area contributed by atoms with Crippen LogP contribution in [0.4, 0.5) is 0 Å². The van der Waals surface area contributed by atoms with E-state index in [1.165, 1.54) is 84.1 Å². The molecule has 1 aliphatic heterocycles. The maximum absolute atomic E-state index is 8.90. The fourth-order valence-corrected chi connectivity index (χ4v) is 5.14. The summed E-state index contributed by atoms with van der Waals surface area (Å²) in [6.45, 7) is 34.1. The minimum absolute atomic E-state index is 0.296. The molecule has 258 valence electrons. The summed E-state index contributed by atoms with van der Waals surface area (Å²) >= 11 is 0. The van der Waals surface area contributed by atoms with E-state index in [9.17, 15) is 0 Å². The van der Waals surface area contributed by atoms with Crippen LogP contribution in [0, 0.1) is 23.7 Å². The molecule has 0 amide bonds. The van der Waals surface area contributed by atoms with Crippen molar-refractivity contribution in [3.8, 4) is 0 Å². The highest BCUT2D eigenvalue weighted by Gasteiger charge is 2.12. The highest BCUT2D eigenvalue weighted by molar-refractivity contribution is 4.67. The van der Waals surface area contributed by atoms with Gasteiger partial charge < -0.3 is 20.2 Å². The van der Waals surface area contributed by atoms with Gasteiger partial charge in [0.1, 0.15) is 0 Å². The second-order valence-electron chi connectivity index (χ2n) is 16.1. The Bertz CT molecular complexity index is 526. The zero-order valence-electron chi connectivity index (χ0n) is 32.0. The van der Waals surface area contributed by atoms with Crippen molar-refractivity contribution in [1.82, 2.24) is 9.80 Å². The highest BCUT2D eigenvalue weighted by Crippen LogP contribution is 2.11. The largest absolute Gasteiger partial charge is 0.392 e. The number of quaternary nitrogens is 1. The lowest BCUT2D eigenvalue weighted by atomic mass is 10.1. The lowest BCUT2D eigenvalue weighted by Crippen LogP contribution is -2.37. The first-order valence-electron chi connectivity index (χ1n) is 18.0. The molecule has 0 aromatic heterocycles. The third kappa shape index (κ3) is 37.8. The molecule has 3 N–H and O–H groups in total. The van der Waals surface area contributed by atoms with Crippen molar-refractivity contribution in [1.29, 1.82) is 0 Å². The zero-order valence-corrected chi connectivity index (χ0v) is 32.0. The first-order chi connectivity index (χ1) is 19.3. The number of nitrogens with two attached hydrogens (primary N) is 1. The number of aliphatic hydroxyl groups excluding tert-OH is 1. The number of rotatable bonds is 17. The third-order valence-corrected chi connectivity index (χ3v) is 7.60. The van der Waals surface area contributed by atoms with Crippen LogP contribution in [-0.2, 0) is 0 Å². The van der Waals surface area contributed by atoms with E-state index < -0.39 is 0 Å². The molecule has 1 unspecified atom stereocenters. The molecular formula is C37H85N4O+. The van der Waals surface area contributed by atoms with Crippen LogP contribution in [0.15, 0.2) is 0 Å². The Balaban J connectivity index is -0.000000490. The summed E-state index contributed by atoms with van der Waals surface area (Å²) in [5, 5.41) is 8.90. The Kier molecular flexibility index (Phi) is 31.1. The Morgan fingerprint density at radius 3 is 1.43 bits per heavy atom. The molecule has 1 fully saturated rings. The van der Waals surface area contributed by atoms with Gasteiger partial charge in [0.2, 0.25) is 0 Å². The van der Waals surface area contributed by atoms with Crippen LogP contribution in [0.3, 0.4) is 0 Å². The smallest absolute Gasteiger partial charge is 0.0780 e. The fourth-order valence-electron chi connectivity index (χ4n) is 5.14. The first-order valence-corrected chi connectivity index (χ1v) is 18.0. The average Bonchev–Trinajstić information content (AvgIpc) is 3.34. The molecule has 1 rings (SSSR count). The van der Waals surface area contributed by atoms with E-state index in [0.29, 0.717) is 24.5 Å². The molecular weight excluding hydrogens is 516 g/mol. The Labute approximate surface area is 268 Å². The van der Waals surface area contributed by atoms with Crippen molar-refractivity contribution >= 4 is 0 Å². The summed E-state index contributed by atoms with van der Waals surface area (Å²) in [7, 11) is 6.75. The Morgan fingerprint density at radius 2 is 1.10 bits per heavy atom. The van der Waals surface area contributed by atoms with Crippen molar-refractivity contribution in [2.45, 2.75) is 159 Å². The Hall–Kier alpha value is -0.200. The van der Waals surface area contributed by atoms with Gasteiger partial charge in [0.25, 0.3) is 0 Å². The number of aliphatic hydroxyl groups is 1. The minimum Gasteiger partial charge on any atom is -0.392 e. The van der Waals surface area contributed by atoms with E-state index in [-0.39, 0.29) is 6.10 Å². The summed E-state index contributed by atoms with van der Waals surface area (Å²) in [5.74, 6) is 3.15. The molecule has 42 heavy (non-hydrogen) atoms. The summed E-state index contributed by atoms with van der Waals surface area (Å²) in [5.41, 5.74) is 5.17. The number of likely N-dealkylation sites (tertiary alicyclic amines) is 1. The number of hydrogen-bond acceptors (Lipinski definition) is 4. The molecule has 0 bridgehead atoms. The number of nitrogens with zero attached hydrogens (tertiary/aromatic N) is 3. The molecule has 1 aliphatic rings. The van der Waals surface area contributed by atoms with E-state index in [1.807, 2.05) is 0 Å². The van der Waals surface area contributed by atoms with Crippen molar-refractivity contribution in [3.63, 3.8) is 0 Å². The quantitative estimate of drug-likeness (QED) is 0.164. The van der Waals surface area contributed by atoms with Gasteiger partial charge in [-0.25, -0.2) is 0 Å². The molecule has 0 aromatic rings. The van der Waals surface area contributed by atoms with Crippen LogP contribution >= 0.6 is 0 Å². The second-order valence-corrected chi connectivity index (χ2v) is 16.1. The van der Waals surface area contributed by atoms with Crippen LogP contribution < -0.4 is 5.73 Å². The highest BCUT2D eigenvalue weighted by atomic mass is 16.3. The predicted octanol–water partition coefficient (Wildman–Crippen LogP) is 8.54.